The fraction of sp³-hybridized carbons (Fsp3) is 0.387. The van der Waals surface area contributed by atoms with E-state index in [-0.39, 0.29) is 66.3 Å². The molecule has 3 N–H and O–H groups in total. The molecule has 1 aromatic carbocycles. The summed E-state index contributed by atoms with van der Waals surface area (Å²) < 4.78 is 47.8. The lowest BCUT2D eigenvalue weighted by molar-refractivity contribution is -0.670. The Morgan fingerprint density at radius 2 is 1.94 bits per heavy atom. The monoisotopic (exact) mass is 702 g/mol. The molecule has 3 aromatic heterocycles. The number of nitrogens with zero attached hydrogens (tertiary/aromatic N) is 7. The number of carbonyl (C=O) groups excluding carboxylic acids is 2. The van der Waals surface area contributed by atoms with E-state index in [0.29, 0.717) is 43.3 Å². The van der Waals surface area contributed by atoms with Gasteiger partial charge in [0, 0.05) is 44.6 Å². The Morgan fingerprint density at radius 1 is 1.18 bits per heavy atom. The van der Waals surface area contributed by atoms with Crippen molar-refractivity contribution in [3.05, 3.63) is 74.4 Å². The van der Waals surface area contributed by atoms with Crippen molar-refractivity contribution in [3.8, 4) is 5.75 Å². The van der Waals surface area contributed by atoms with E-state index in [0.717, 1.165) is 23.8 Å². The maximum absolute atomic E-state index is 14.2. The number of ether oxygens (including phenoxy) is 1. The number of H-pyrrole nitrogens is 1. The third-order valence-electron chi connectivity index (χ3n) is 8.44. The quantitative estimate of drug-likeness (QED) is 0.246. The lowest BCUT2D eigenvalue weighted by Gasteiger charge is -2.35. The number of anilines is 2. The Labute approximate surface area is 281 Å². The van der Waals surface area contributed by atoms with Gasteiger partial charge in [-0.25, -0.2) is 24.4 Å². The fourth-order valence-electron chi connectivity index (χ4n) is 5.89. The van der Waals surface area contributed by atoms with Crippen LogP contribution in [0.25, 0.3) is 11.4 Å². The number of nitrogens with one attached hydrogen (secondary N) is 2. The standard InChI is InChI=1S/C31H31ClF3N9O5/c1-3-22-25(41-8-10-42(11-9-41)28(47)24-26(46)17(2)36-16-37-24)29(48)44-30(39-27(40-44)18-6-12-49-13-7-18)43(22)15-23(45)38-21-5-4-19(14-20(21)32)31(33,34)35/h4-6,14,16H,3,7-13,15H2,1-2H3,(H2,38,45,46,47)/p+1. The van der Waals surface area contributed by atoms with E-state index < -0.39 is 29.1 Å². The Morgan fingerprint density at radius 3 is 2.59 bits per heavy atom. The number of aromatic nitrogens is 6. The highest BCUT2D eigenvalue weighted by Crippen LogP contribution is 2.34. The molecule has 0 atom stereocenters. The SMILES string of the molecule is CCc1c(N2CCN(C(=O)c3ncnc(C)c3O)CC2)c(=O)n2[nH]c(C3=CCOCC3)nc2[n+]1CC(=O)Nc1ccc(C(F)(F)F)cc1Cl. The second kappa shape index (κ2) is 13.5. The van der Waals surface area contributed by atoms with Crippen molar-refractivity contribution < 1.29 is 37.2 Å². The van der Waals surface area contributed by atoms with Crippen LogP contribution in [0.3, 0.4) is 0 Å². The number of amides is 2. The van der Waals surface area contributed by atoms with Gasteiger partial charge < -0.3 is 25.0 Å². The van der Waals surface area contributed by atoms with Crippen LogP contribution >= 0.6 is 11.6 Å². The predicted molar refractivity (Wildman–Crippen MR) is 170 cm³/mol. The van der Waals surface area contributed by atoms with E-state index in [1.165, 1.54) is 15.7 Å². The highest BCUT2D eigenvalue weighted by Gasteiger charge is 2.35. The van der Waals surface area contributed by atoms with Crippen LogP contribution in [0.1, 0.15) is 46.6 Å². The molecule has 0 saturated carbocycles. The molecule has 0 bridgehead atoms. The maximum Gasteiger partial charge on any atom is 0.427 e. The number of piperazine rings is 1. The summed E-state index contributed by atoms with van der Waals surface area (Å²) in [5.74, 6) is -0.793. The zero-order chi connectivity index (χ0) is 35.0. The fourth-order valence-corrected chi connectivity index (χ4v) is 6.12. The van der Waals surface area contributed by atoms with Gasteiger partial charge in [-0.2, -0.15) is 13.2 Å². The number of aromatic hydroxyl groups is 1. The molecule has 2 aliphatic rings. The summed E-state index contributed by atoms with van der Waals surface area (Å²) in [5, 5.41) is 15.7. The molecule has 0 radical (unpaired) electrons. The number of carbonyl (C=O) groups is 2. The second-order valence-electron chi connectivity index (χ2n) is 11.5. The lowest BCUT2D eigenvalue weighted by Crippen LogP contribution is -2.54. The largest absolute Gasteiger partial charge is 0.504 e. The van der Waals surface area contributed by atoms with Crippen LogP contribution in [0.4, 0.5) is 24.5 Å². The molecule has 14 nitrogen and oxygen atoms in total. The van der Waals surface area contributed by atoms with Crippen molar-refractivity contribution in [2.24, 2.45) is 0 Å². The van der Waals surface area contributed by atoms with Crippen LogP contribution in [-0.4, -0.2) is 85.8 Å². The Balaban J connectivity index is 1.35. The highest BCUT2D eigenvalue weighted by molar-refractivity contribution is 6.33. The van der Waals surface area contributed by atoms with Crippen molar-refractivity contribution >= 4 is 46.1 Å². The minimum absolute atomic E-state index is 0.0105. The van der Waals surface area contributed by atoms with E-state index >= 15 is 0 Å². The summed E-state index contributed by atoms with van der Waals surface area (Å²) in [6.07, 6.45) is -0.694. The molecule has 2 amide bonds. The first-order valence-electron chi connectivity index (χ1n) is 15.4. The highest BCUT2D eigenvalue weighted by atomic mass is 35.5. The first kappa shape index (κ1) is 33.9. The van der Waals surface area contributed by atoms with Gasteiger partial charge in [-0.15, -0.1) is 0 Å². The second-order valence-corrected chi connectivity index (χ2v) is 11.9. The van der Waals surface area contributed by atoms with Gasteiger partial charge in [0.05, 0.1) is 35.2 Å². The Hall–Kier alpha value is -5.03. The average molecular weight is 703 g/mol. The molecule has 1 fully saturated rings. The molecule has 0 spiro atoms. The van der Waals surface area contributed by atoms with Crippen LogP contribution in [0.2, 0.25) is 5.02 Å². The zero-order valence-corrected chi connectivity index (χ0v) is 27.2. The van der Waals surface area contributed by atoms with Gasteiger partial charge in [0.15, 0.2) is 23.7 Å². The number of alkyl halides is 3. The van der Waals surface area contributed by atoms with Crippen molar-refractivity contribution in [1.82, 2.24) is 29.5 Å². The summed E-state index contributed by atoms with van der Waals surface area (Å²) in [5.41, 5.74) is 0.400. The zero-order valence-electron chi connectivity index (χ0n) is 26.5. The Kier molecular flexibility index (Phi) is 9.30. The minimum atomic E-state index is -4.61. The molecular formula is C31H32ClF3N9O5+. The number of fused-ring (bicyclic) bond motifs is 1. The molecule has 258 valence electrons. The third kappa shape index (κ3) is 6.67. The molecule has 0 unspecified atom stereocenters. The van der Waals surface area contributed by atoms with Crippen LogP contribution < -0.4 is 20.3 Å². The van der Waals surface area contributed by atoms with Gasteiger partial charge in [0.1, 0.15) is 12.0 Å². The number of benzene rings is 1. The number of hydrogen-bond acceptors (Lipinski definition) is 9. The number of halogens is 4. The van der Waals surface area contributed by atoms with Crippen LogP contribution in [0, 0.1) is 6.92 Å². The van der Waals surface area contributed by atoms with Crippen molar-refractivity contribution in [2.45, 2.75) is 39.4 Å². The van der Waals surface area contributed by atoms with Gasteiger partial charge in [-0.1, -0.05) is 29.1 Å². The first-order chi connectivity index (χ1) is 23.4. The maximum atomic E-state index is 14.2. The van der Waals surface area contributed by atoms with Crippen LogP contribution in [-0.2, 0) is 28.7 Å². The van der Waals surface area contributed by atoms with E-state index in [9.17, 15) is 32.7 Å². The summed E-state index contributed by atoms with van der Waals surface area (Å²) in [4.78, 5) is 56.7. The predicted octanol–water partition coefficient (Wildman–Crippen LogP) is 2.75. The van der Waals surface area contributed by atoms with Gasteiger partial charge in [0.2, 0.25) is 5.82 Å². The molecule has 49 heavy (non-hydrogen) atoms. The average Bonchev–Trinajstić information content (AvgIpc) is 3.54. The third-order valence-corrected chi connectivity index (χ3v) is 8.75. The van der Waals surface area contributed by atoms with E-state index in [1.54, 1.807) is 11.5 Å². The molecular weight excluding hydrogens is 671 g/mol. The normalized spacial score (nSPS) is 15.4. The molecule has 0 aliphatic carbocycles. The molecule has 4 aromatic rings. The van der Waals surface area contributed by atoms with Gasteiger partial charge >= 0.3 is 17.5 Å². The van der Waals surface area contributed by atoms with Crippen molar-refractivity contribution in [1.29, 1.82) is 0 Å². The first-order valence-corrected chi connectivity index (χ1v) is 15.8. The van der Waals surface area contributed by atoms with Gasteiger partial charge in [0.25, 0.3) is 11.8 Å². The number of aryl methyl sites for hydroxylation is 1. The Bertz CT molecular complexity index is 2040. The number of aromatic amines is 1. The summed E-state index contributed by atoms with van der Waals surface area (Å²) in [7, 11) is 0. The van der Waals surface area contributed by atoms with Crippen molar-refractivity contribution in [2.75, 3.05) is 49.6 Å². The van der Waals surface area contributed by atoms with E-state index in [2.05, 4.69) is 20.4 Å². The summed E-state index contributed by atoms with van der Waals surface area (Å²) in [6.45, 7) is 4.80. The topological polar surface area (TPSA) is 162 Å². The molecule has 5 heterocycles. The molecule has 2 aliphatic heterocycles. The summed E-state index contributed by atoms with van der Waals surface area (Å²) >= 11 is 6.11. The minimum Gasteiger partial charge on any atom is -0.504 e. The van der Waals surface area contributed by atoms with E-state index in [4.69, 9.17) is 21.3 Å². The summed E-state index contributed by atoms with van der Waals surface area (Å²) in [6, 6.07) is 2.64. The van der Waals surface area contributed by atoms with Crippen LogP contribution in [0.15, 0.2) is 35.4 Å². The number of rotatable bonds is 7. The van der Waals surface area contributed by atoms with Crippen molar-refractivity contribution in [3.63, 3.8) is 0 Å². The van der Waals surface area contributed by atoms with Gasteiger partial charge in [-0.05, 0) is 30.1 Å². The smallest absolute Gasteiger partial charge is 0.427 e. The molecule has 18 heteroatoms. The lowest BCUT2D eigenvalue weighted by atomic mass is 10.1. The number of hydrogen-bond donors (Lipinski definition) is 3. The van der Waals surface area contributed by atoms with E-state index in [1.807, 2.05) is 17.9 Å². The molecule has 1 saturated heterocycles. The van der Waals surface area contributed by atoms with Gasteiger partial charge in [-0.3, -0.25) is 9.59 Å². The van der Waals surface area contributed by atoms with Crippen LogP contribution in [0.5, 0.6) is 5.75 Å². The molecule has 6 rings (SSSR count).